The molecule has 28 heavy (non-hydrogen) atoms. The number of thiazole rings is 1. The Balaban J connectivity index is 1.34. The lowest BCUT2D eigenvalue weighted by molar-refractivity contribution is -0.121. The molecule has 0 aromatic carbocycles. The molecule has 0 spiro atoms. The maximum Gasteiger partial charge on any atom is 0.273 e. The van der Waals surface area contributed by atoms with Crippen LogP contribution in [0.3, 0.4) is 0 Å². The maximum absolute atomic E-state index is 12.8. The molecule has 2 amide bonds. The van der Waals surface area contributed by atoms with E-state index in [0.717, 1.165) is 10.6 Å². The lowest BCUT2D eigenvalue weighted by Crippen LogP contribution is -2.41. The van der Waals surface area contributed by atoms with Crippen molar-refractivity contribution in [3.63, 3.8) is 0 Å². The highest BCUT2D eigenvalue weighted by atomic mass is 32.1. The number of nitrogens with one attached hydrogen (secondary N) is 1. The third-order valence-corrected chi connectivity index (χ3v) is 5.64. The molecule has 3 aromatic rings. The highest BCUT2D eigenvalue weighted by Gasteiger charge is 2.29. The molecule has 9 heteroatoms. The van der Waals surface area contributed by atoms with E-state index in [2.05, 4.69) is 20.4 Å². The van der Waals surface area contributed by atoms with Crippen molar-refractivity contribution >= 4 is 29.0 Å². The molecule has 1 saturated heterocycles. The zero-order valence-corrected chi connectivity index (χ0v) is 16.2. The minimum absolute atomic E-state index is 0.0432. The second-order valence-corrected chi connectivity index (χ2v) is 7.57. The van der Waals surface area contributed by atoms with Gasteiger partial charge in [-0.1, -0.05) is 6.07 Å². The molecule has 3 aromatic heterocycles. The summed E-state index contributed by atoms with van der Waals surface area (Å²) >= 11 is 1.43. The molecule has 0 unspecified atom stereocenters. The number of amides is 2. The van der Waals surface area contributed by atoms with Crippen molar-refractivity contribution in [1.82, 2.24) is 24.6 Å². The Labute approximate surface area is 166 Å². The van der Waals surface area contributed by atoms with Crippen LogP contribution in [0.15, 0.2) is 42.2 Å². The number of carbonyl (C=O) groups is 2. The van der Waals surface area contributed by atoms with E-state index in [1.54, 1.807) is 39.5 Å². The summed E-state index contributed by atoms with van der Waals surface area (Å²) in [5.41, 5.74) is 1.34. The first-order chi connectivity index (χ1) is 13.6. The maximum atomic E-state index is 12.8. The van der Waals surface area contributed by atoms with Crippen LogP contribution >= 0.6 is 11.3 Å². The minimum Gasteiger partial charge on any atom is -0.337 e. The third kappa shape index (κ3) is 3.94. The Morgan fingerprint density at radius 2 is 2.07 bits per heavy atom. The monoisotopic (exact) mass is 396 g/mol. The summed E-state index contributed by atoms with van der Waals surface area (Å²) in [6.07, 6.45) is 6.51. The number of aryl methyl sites for hydroxylation is 1. The molecule has 1 N–H and O–H groups in total. The predicted molar refractivity (Wildman–Crippen MR) is 106 cm³/mol. The molecule has 4 rings (SSSR count). The third-order valence-electron chi connectivity index (χ3n) is 4.74. The van der Waals surface area contributed by atoms with Crippen LogP contribution in [0.25, 0.3) is 10.6 Å². The molecule has 1 fully saturated rings. The van der Waals surface area contributed by atoms with Gasteiger partial charge in [0.25, 0.3) is 5.91 Å². The molecule has 1 aliphatic heterocycles. The Morgan fingerprint density at radius 1 is 1.25 bits per heavy atom. The second-order valence-electron chi connectivity index (χ2n) is 6.71. The lowest BCUT2D eigenvalue weighted by atomic mass is 9.95. The number of likely N-dealkylation sites (tertiary alicyclic amines) is 1. The summed E-state index contributed by atoms with van der Waals surface area (Å²) < 4.78 is 1.71. The first kappa shape index (κ1) is 18.3. The van der Waals surface area contributed by atoms with E-state index in [4.69, 9.17) is 0 Å². The fourth-order valence-electron chi connectivity index (χ4n) is 3.21. The number of carbonyl (C=O) groups excluding carboxylic acids is 2. The number of anilines is 1. The number of hydrogen-bond acceptors (Lipinski definition) is 6. The van der Waals surface area contributed by atoms with Gasteiger partial charge < -0.3 is 10.2 Å². The van der Waals surface area contributed by atoms with Gasteiger partial charge in [0.2, 0.25) is 5.91 Å². The quantitative estimate of drug-likeness (QED) is 0.731. The standard InChI is InChI=1S/C19H20N6O2S/c1-24-11-14(10-21-24)18-22-15(12-28-18)19(27)25-8-5-13(6-9-25)17(26)23-16-4-2-3-7-20-16/h2-4,7,10-13H,5-6,8-9H2,1H3,(H,20,23,26). The van der Waals surface area contributed by atoms with Crippen molar-refractivity contribution in [2.75, 3.05) is 18.4 Å². The van der Waals surface area contributed by atoms with Gasteiger partial charge in [-0.25, -0.2) is 9.97 Å². The molecule has 4 heterocycles. The van der Waals surface area contributed by atoms with Crippen molar-refractivity contribution in [2.24, 2.45) is 13.0 Å². The minimum atomic E-state index is -0.118. The zero-order chi connectivity index (χ0) is 19.5. The zero-order valence-electron chi connectivity index (χ0n) is 15.4. The van der Waals surface area contributed by atoms with Crippen LogP contribution in [0, 0.1) is 5.92 Å². The lowest BCUT2D eigenvalue weighted by Gasteiger charge is -2.30. The molecule has 8 nitrogen and oxygen atoms in total. The number of pyridine rings is 1. The van der Waals surface area contributed by atoms with Gasteiger partial charge in [-0.2, -0.15) is 5.10 Å². The molecule has 1 aliphatic rings. The van der Waals surface area contributed by atoms with E-state index in [1.807, 2.05) is 19.3 Å². The number of hydrogen-bond donors (Lipinski definition) is 1. The molecule has 0 saturated carbocycles. The Morgan fingerprint density at radius 3 is 2.75 bits per heavy atom. The van der Waals surface area contributed by atoms with Gasteiger partial charge in [0, 0.05) is 49.4 Å². The van der Waals surface area contributed by atoms with Crippen molar-refractivity contribution in [3.8, 4) is 10.6 Å². The van der Waals surface area contributed by atoms with Gasteiger partial charge in [-0.3, -0.25) is 14.3 Å². The van der Waals surface area contributed by atoms with Gasteiger partial charge >= 0.3 is 0 Å². The fraction of sp³-hybridized carbons (Fsp3) is 0.316. The molecule has 0 aliphatic carbocycles. The van der Waals surface area contributed by atoms with Crippen LogP contribution in [0.4, 0.5) is 5.82 Å². The summed E-state index contributed by atoms with van der Waals surface area (Å²) in [6.45, 7) is 1.08. The average molecular weight is 396 g/mol. The molecular weight excluding hydrogens is 376 g/mol. The number of piperidine rings is 1. The number of aromatic nitrogens is 4. The summed E-state index contributed by atoms with van der Waals surface area (Å²) in [5.74, 6) is 0.303. The predicted octanol–water partition coefficient (Wildman–Crippen LogP) is 2.43. The first-order valence-corrected chi connectivity index (χ1v) is 9.94. The normalized spacial score (nSPS) is 14.8. The average Bonchev–Trinajstić information content (AvgIpc) is 3.37. The van der Waals surface area contributed by atoms with Crippen LogP contribution < -0.4 is 5.32 Å². The van der Waals surface area contributed by atoms with Crippen LogP contribution in [0.5, 0.6) is 0 Å². The van der Waals surface area contributed by atoms with Crippen LogP contribution in [0.1, 0.15) is 23.3 Å². The van der Waals surface area contributed by atoms with Gasteiger partial charge in [0.1, 0.15) is 16.5 Å². The van der Waals surface area contributed by atoms with Gasteiger partial charge in [-0.05, 0) is 25.0 Å². The van der Waals surface area contributed by atoms with Crippen LogP contribution in [0.2, 0.25) is 0 Å². The van der Waals surface area contributed by atoms with Crippen LogP contribution in [-0.4, -0.2) is 49.6 Å². The molecule has 0 radical (unpaired) electrons. The van der Waals surface area contributed by atoms with E-state index >= 15 is 0 Å². The second kappa shape index (κ2) is 7.89. The molecule has 0 bridgehead atoms. The van der Waals surface area contributed by atoms with E-state index in [-0.39, 0.29) is 17.7 Å². The van der Waals surface area contributed by atoms with E-state index in [9.17, 15) is 9.59 Å². The highest BCUT2D eigenvalue weighted by molar-refractivity contribution is 7.13. The Bertz CT molecular complexity index is 975. The van der Waals surface area contributed by atoms with Crippen LogP contribution in [-0.2, 0) is 11.8 Å². The fourth-order valence-corrected chi connectivity index (χ4v) is 3.98. The van der Waals surface area contributed by atoms with Gasteiger partial charge in [-0.15, -0.1) is 11.3 Å². The SMILES string of the molecule is Cn1cc(-c2nc(C(=O)N3CCC(C(=O)Nc4ccccn4)CC3)cs2)cn1. The summed E-state index contributed by atoms with van der Waals surface area (Å²) in [4.78, 5) is 35.5. The number of nitrogens with zero attached hydrogens (tertiary/aromatic N) is 5. The number of rotatable bonds is 4. The van der Waals surface area contributed by atoms with E-state index in [0.29, 0.717) is 37.4 Å². The smallest absolute Gasteiger partial charge is 0.273 e. The topological polar surface area (TPSA) is 93.0 Å². The van der Waals surface area contributed by atoms with E-state index < -0.39 is 0 Å². The van der Waals surface area contributed by atoms with Gasteiger partial charge in [0.15, 0.2) is 0 Å². The van der Waals surface area contributed by atoms with E-state index in [1.165, 1.54) is 11.3 Å². The first-order valence-electron chi connectivity index (χ1n) is 9.06. The molecular formula is C19H20N6O2S. The summed E-state index contributed by atoms with van der Waals surface area (Å²) in [6, 6.07) is 5.40. The Kier molecular flexibility index (Phi) is 5.16. The van der Waals surface area contributed by atoms with Gasteiger partial charge in [0.05, 0.1) is 6.20 Å². The van der Waals surface area contributed by atoms with Crippen molar-refractivity contribution in [2.45, 2.75) is 12.8 Å². The summed E-state index contributed by atoms with van der Waals surface area (Å²) in [7, 11) is 1.84. The molecule has 144 valence electrons. The largest absolute Gasteiger partial charge is 0.337 e. The van der Waals surface area contributed by atoms with Crippen molar-refractivity contribution < 1.29 is 9.59 Å². The Hall–Kier alpha value is -3.07. The van der Waals surface area contributed by atoms with Crippen molar-refractivity contribution in [3.05, 3.63) is 47.9 Å². The summed E-state index contributed by atoms with van der Waals surface area (Å²) in [5, 5.41) is 9.54. The molecule has 0 atom stereocenters. The van der Waals surface area contributed by atoms with Crippen molar-refractivity contribution in [1.29, 1.82) is 0 Å². The highest BCUT2D eigenvalue weighted by Crippen LogP contribution is 2.25.